The topological polar surface area (TPSA) is 58.9 Å². The lowest BCUT2D eigenvalue weighted by Gasteiger charge is -2.16. The summed E-state index contributed by atoms with van der Waals surface area (Å²) in [5.41, 5.74) is 2.00. The molecule has 1 atom stereocenters. The van der Waals surface area contributed by atoms with Gasteiger partial charge in [-0.25, -0.2) is 0 Å². The zero-order valence-corrected chi connectivity index (χ0v) is 11.8. The fourth-order valence-corrected chi connectivity index (χ4v) is 1.36. The second-order valence-corrected chi connectivity index (χ2v) is 4.30. The summed E-state index contributed by atoms with van der Waals surface area (Å²) in [5, 5.41) is 17.2. The zero-order valence-electron chi connectivity index (χ0n) is 11.8. The summed E-state index contributed by atoms with van der Waals surface area (Å²) in [6.07, 6.45) is -0.348. The van der Waals surface area contributed by atoms with E-state index >= 15 is 0 Å². The molecule has 4 heteroatoms. The molecule has 0 aliphatic carbocycles. The van der Waals surface area contributed by atoms with Crippen molar-refractivity contribution in [3.63, 3.8) is 0 Å². The van der Waals surface area contributed by atoms with Crippen LogP contribution < -0.4 is 4.74 Å². The lowest BCUT2D eigenvalue weighted by atomic mass is 10.1. The Morgan fingerprint density at radius 3 is 2.17 bits per heavy atom. The summed E-state index contributed by atoms with van der Waals surface area (Å²) in [6.45, 7) is 7.53. The molecule has 1 aromatic carbocycles. The largest absolute Gasteiger partial charge is 0.491 e. The van der Waals surface area contributed by atoms with Crippen LogP contribution in [0.2, 0.25) is 0 Å². The summed E-state index contributed by atoms with van der Waals surface area (Å²) in [7, 11) is 1.43. The van der Waals surface area contributed by atoms with Crippen molar-refractivity contribution in [3.8, 4) is 5.75 Å². The summed E-state index contributed by atoms with van der Waals surface area (Å²) >= 11 is 0. The highest BCUT2D eigenvalue weighted by atomic mass is 16.6. The number of hydrogen-bond donors (Lipinski definition) is 2. The van der Waals surface area contributed by atoms with Crippen molar-refractivity contribution in [1.29, 1.82) is 0 Å². The number of aliphatic hydroxyl groups excluding tert-OH is 2. The number of aliphatic hydroxyl groups is 2. The van der Waals surface area contributed by atoms with Crippen LogP contribution in [0, 0.1) is 6.92 Å². The van der Waals surface area contributed by atoms with Crippen LogP contribution in [0.15, 0.2) is 18.2 Å². The number of ether oxygens (including phenoxy) is 2. The van der Waals surface area contributed by atoms with E-state index in [-0.39, 0.29) is 12.9 Å². The monoisotopic (exact) mass is 256 g/mol. The second-order valence-electron chi connectivity index (χ2n) is 4.30. The van der Waals surface area contributed by atoms with E-state index < -0.39 is 6.10 Å². The first-order valence-corrected chi connectivity index (χ1v) is 5.97. The summed E-state index contributed by atoms with van der Waals surface area (Å²) in [5.74, 6) is 0.778. The minimum absolute atomic E-state index is 0.134. The molecule has 1 rings (SSSR count). The van der Waals surface area contributed by atoms with Gasteiger partial charge in [-0.15, -0.1) is 0 Å². The lowest BCUT2D eigenvalue weighted by Crippen LogP contribution is -2.08. The van der Waals surface area contributed by atoms with Crippen LogP contribution in [0.4, 0.5) is 0 Å². The number of rotatable bonds is 4. The van der Waals surface area contributed by atoms with Gasteiger partial charge in [0.25, 0.3) is 0 Å². The third-order valence-electron chi connectivity index (χ3n) is 2.11. The van der Waals surface area contributed by atoms with E-state index in [2.05, 4.69) is 4.74 Å². The maximum absolute atomic E-state index is 9.56. The fourth-order valence-electron chi connectivity index (χ4n) is 1.36. The third kappa shape index (κ3) is 6.59. The average molecular weight is 256 g/mol. The molecule has 4 nitrogen and oxygen atoms in total. The van der Waals surface area contributed by atoms with E-state index in [9.17, 15) is 5.11 Å². The van der Waals surface area contributed by atoms with E-state index in [1.54, 1.807) is 6.92 Å². The van der Waals surface area contributed by atoms with Gasteiger partial charge in [0.2, 0.25) is 0 Å². The second kappa shape index (κ2) is 8.91. The Balaban J connectivity index is 0.000000631. The SMILES string of the molecule is COCO.Cc1ccc(OC(C)C)c(C(C)O)c1. The normalized spacial score (nSPS) is 11.8. The zero-order chi connectivity index (χ0) is 14.1. The van der Waals surface area contributed by atoms with Gasteiger partial charge in [0.1, 0.15) is 12.5 Å². The summed E-state index contributed by atoms with van der Waals surface area (Å²) < 4.78 is 9.70. The Bertz CT molecular complexity index is 333. The Morgan fingerprint density at radius 1 is 1.22 bits per heavy atom. The van der Waals surface area contributed by atoms with E-state index in [4.69, 9.17) is 9.84 Å². The highest BCUT2D eigenvalue weighted by Crippen LogP contribution is 2.26. The van der Waals surface area contributed by atoms with Crippen LogP contribution in [0.5, 0.6) is 5.75 Å². The third-order valence-corrected chi connectivity index (χ3v) is 2.11. The van der Waals surface area contributed by atoms with Crippen LogP contribution in [0.3, 0.4) is 0 Å². The molecule has 1 aromatic rings. The van der Waals surface area contributed by atoms with Crippen molar-refractivity contribution >= 4 is 0 Å². The molecule has 0 amide bonds. The molecule has 0 bridgehead atoms. The number of methoxy groups -OCH3 is 1. The minimum atomic E-state index is -0.483. The minimum Gasteiger partial charge on any atom is -0.491 e. The first-order chi connectivity index (χ1) is 8.42. The van der Waals surface area contributed by atoms with Gasteiger partial charge in [-0.2, -0.15) is 0 Å². The number of hydrogen-bond acceptors (Lipinski definition) is 4. The van der Waals surface area contributed by atoms with Gasteiger partial charge >= 0.3 is 0 Å². The maximum Gasteiger partial charge on any atom is 0.143 e. The summed E-state index contributed by atoms with van der Waals surface area (Å²) in [4.78, 5) is 0. The standard InChI is InChI=1S/C12H18O2.C2H6O2/c1-8(2)14-12-6-5-9(3)7-11(12)10(4)13;1-4-2-3/h5-8,10,13H,1-4H3;3H,2H2,1H3. The van der Waals surface area contributed by atoms with Crippen molar-refractivity contribution in [2.45, 2.75) is 39.9 Å². The molecule has 0 aromatic heterocycles. The Hall–Kier alpha value is -1.10. The molecule has 0 radical (unpaired) electrons. The molecule has 0 saturated carbocycles. The van der Waals surface area contributed by atoms with Gasteiger partial charge in [-0.05, 0) is 39.8 Å². The van der Waals surface area contributed by atoms with Gasteiger partial charge in [-0.1, -0.05) is 11.6 Å². The van der Waals surface area contributed by atoms with Gasteiger partial charge in [-0.3, -0.25) is 0 Å². The average Bonchev–Trinajstić information content (AvgIpc) is 2.31. The molecule has 2 N–H and O–H groups in total. The fraction of sp³-hybridized carbons (Fsp3) is 0.571. The van der Waals surface area contributed by atoms with E-state index in [0.717, 1.165) is 16.9 Å². The molecular formula is C14H24O4. The Morgan fingerprint density at radius 2 is 1.78 bits per heavy atom. The van der Waals surface area contributed by atoms with Crippen LogP contribution >= 0.6 is 0 Å². The van der Waals surface area contributed by atoms with Crippen molar-refractivity contribution in [2.24, 2.45) is 0 Å². The van der Waals surface area contributed by atoms with Crippen molar-refractivity contribution in [3.05, 3.63) is 29.3 Å². The van der Waals surface area contributed by atoms with Crippen molar-refractivity contribution < 1.29 is 19.7 Å². The molecule has 18 heavy (non-hydrogen) atoms. The van der Waals surface area contributed by atoms with E-state index in [0.29, 0.717) is 0 Å². The molecule has 1 unspecified atom stereocenters. The molecule has 0 aliphatic heterocycles. The molecule has 0 spiro atoms. The van der Waals surface area contributed by atoms with Crippen LogP contribution in [0.1, 0.15) is 38.0 Å². The first kappa shape index (κ1) is 16.9. The molecule has 0 saturated heterocycles. The molecular weight excluding hydrogens is 232 g/mol. The molecule has 104 valence electrons. The predicted octanol–water partition coefficient (Wildman–Crippen LogP) is 2.42. The number of aryl methyl sites for hydroxylation is 1. The van der Waals surface area contributed by atoms with Gasteiger partial charge in [0.15, 0.2) is 0 Å². The molecule has 0 heterocycles. The predicted molar refractivity (Wildman–Crippen MR) is 71.7 cm³/mol. The smallest absolute Gasteiger partial charge is 0.143 e. The molecule has 0 aliphatic rings. The van der Waals surface area contributed by atoms with Crippen molar-refractivity contribution in [1.82, 2.24) is 0 Å². The number of benzene rings is 1. The quantitative estimate of drug-likeness (QED) is 0.812. The van der Waals surface area contributed by atoms with E-state index in [1.807, 2.05) is 39.0 Å². The van der Waals surface area contributed by atoms with Crippen molar-refractivity contribution in [2.75, 3.05) is 13.9 Å². The van der Waals surface area contributed by atoms with E-state index in [1.165, 1.54) is 7.11 Å². The Labute approximate surface area is 109 Å². The Kier molecular flexibility index (Phi) is 8.37. The van der Waals surface area contributed by atoms with Crippen LogP contribution in [-0.4, -0.2) is 30.2 Å². The first-order valence-electron chi connectivity index (χ1n) is 5.97. The maximum atomic E-state index is 9.56. The lowest BCUT2D eigenvalue weighted by molar-refractivity contribution is 0.0325. The molecule has 0 fully saturated rings. The highest BCUT2D eigenvalue weighted by molar-refractivity contribution is 5.38. The van der Waals surface area contributed by atoms with Crippen LogP contribution in [-0.2, 0) is 4.74 Å². The van der Waals surface area contributed by atoms with Gasteiger partial charge in [0, 0.05) is 12.7 Å². The van der Waals surface area contributed by atoms with Gasteiger partial charge in [0.05, 0.1) is 12.2 Å². The van der Waals surface area contributed by atoms with Gasteiger partial charge < -0.3 is 19.7 Å². The highest BCUT2D eigenvalue weighted by Gasteiger charge is 2.10. The summed E-state index contributed by atoms with van der Waals surface area (Å²) in [6, 6.07) is 5.86. The van der Waals surface area contributed by atoms with Crippen LogP contribution in [0.25, 0.3) is 0 Å².